The van der Waals surface area contributed by atoms with Crippen LogP contribution in [0.3, 0.4) is 0 Å². The number of anilines is 1. The van der Waals surface area contributed by atoms with E-state index in [2.05, 4.69) is 14.8 Å². The van der Waals surface area contributed by atoms with Crippen LogP contribution in [0.2, 0.25) is 0 Å². The van der Waals surface area contributed by atoms with Gasteiger partial charge < -0.3 is 9.80 Å². The lowest BCUT2D eigenvalue weighted by atomic mass is 10.1. The summed E-state index contributed by atoms with van der Waals surface area (Å²) in [5, 5.41) is 0. The lowest BCUT2D eigenvalue weighted by molar-refractivity contribution is -0.140. The number of nitrogens with zero attached hydrogens (tertiary/aromatic N) is 4. The van der Waals surface area contributed by atoms with Crippen LogP contribution in [0.15, 0.2) is 48.7 Å². The summed E-state index contributed by atoms with van der Waals surface area (Å²) in [6.07, 6.45) is -0.949. The highest BCUT2D eigenvalue weighted by Gasteiger charge is 2.37. The van der Waals surface area contributed by atoms with E-state index in [1.807, 2.05) is 18.2 Å². The molecule has 5 nitrogen and oxygen atoms in total. The average Bonchev–Trinajstić information content (AvgIpc) is 3.58. The molecule has 1 amide bonds. The van der Waals surface area contributed by atoms with Gasteiger partial charge in [-0.15, -0.1) is 0 Å². The minimum absolute atomic E-state index is 0.00703. The molecule has 4 rings (SSSR count). The Morgan fingerprint density at radius 1 is 1.03 bits per heavy atom. The maximum Gasteiger partial charge on any atom is 0.416 e. The van der Waals surface area contributed by atoms with Crippen LogP contribution >= 0.6 is 0 Å². The van der Waals surface area contributed by atoms with Gasteiger partial charge in [0.05, 0.1) is 12.1 Å². The monoisotopic (exact) mass is 418 g/mol. The molecule has 2 heterocycles. The highest BCUT2D eigenvalue weighted by molar-refractivity contribution is 5.79. The molecule has 8 heteroatoms. The van der Waals surface area contributed by atoms with Crippen LogP contribution in [-0.4, -0.2) is 59.5 Å². The Hall–Kier alpha value is -2.61. The number of carbonyl (C=O) groups excluding carboxylic acids is 1. The van der Waals surface area contributed by atoms with Crippen LogP contribution in [0.1, 0.15) is 24.0 Å². The van der Waals surface area contributed by atoms with Crippen molar-refractivity contribution in [3.05, 3.63) is 59.8 Å². The largest absolute Gasteiger partial charge is 0.416 e. The van der Waals surface area contributed by atoms with E-state index in [1.54, 1.807) is 17.2 Å². The molecule has 1 aliphatic heterocycles. The van der Waals surface area contributed by atoms with E-state index >= 15 is 0 Å². The van der Waals surface area contributed by atoms with Gasteiger partial charge in [-0.3, -0.25) is 9.69 Å². The van der Waals surface area contributed by atoms with Crippen LogP contribution < -0.4 is 4.90 Å². The van der Waals surface area contributed by atoms with Crippen molar-refractivity contribution in [1.82, 2.24) is 14.8 Å². The molecule has 0 N–H and O–H groups in total. The lowest BCUT2D eigenvalue weighted by Gasteiger charge is -2.36. The summed E-state index contributed by atoms with van der Waals surface area (Å²) < 4.78 is 40.0. The Morgan fingerprint density at radius 3 is 2.37 bits per heavy atom. The van der Waals surface area contributed by atoms with Gasteiger partial charge >= 0.3 is 6.18 Å². The van der Waals surface area contributed by atoms with Gasteiger partial charge in [0, 0.05) is 45.0 Å². The predicted molar refractivity (Wildman–Crippen MR) is 108 cm³/mol. The topological polar surface area (TPSA) is 39.7 Å². The molecule has 2 aliphatic rings. The Kier molecular flexibility index (Phi) is 5.94. The van der Waals surface area contributed by atoms with Gasteiger partial charge in [-0.1, -0.05) is 24.3 Å². The van der Waals surface area contributed by atoms with Gasteiger partial charge in [-0.2, -0.15) is 13.2 Å². The first-order chi connectivity index (χ1) is 14.4. The summed E-state index contributed by atoms with van der Waals surface area (Å²) in [5.74, 6) is 0.826. The summed E-state index contributed by atoms with van der Waals surface area (Å²) in [4.78, 5) is 23.2. The number of carbonyl (C=O) groups is 1. The summed E-state index contributed by atoms with van der Waals surface area (Å²) in [6, 6.07) is 11.4. The Bertz CT molecular complexity index is 862. The molecule has 160 valence electrons. The van der Waals surface area contributed by atoms with E-state index in [-0.39, 0.29) is 30.6 Å². The molecule has 1 saturated heterocycles. The van der Waals surface area contributed by atoms with Gasteiger partial charge in [0.1, 0.15) is 5.82 Å². The first-order valence-electron chi connectivity index (χ1n) is 10.2. The minimum Gasteiger partial charge on any atom is -0.354 e. The molecule has 0 bridgehead atoms. The number of hydrogen-bond acceptors (Lipinski definition) is 4. The summed E-state index contributed by atoms with van der Waals surface area (Å²) >= 11 is 0. The van der Waals surface area contributed by atoms with Gasteiger partial charge in [-0.05, 0) is 36.6 Å². The Labute approximate surface area is 174 Å². The van der Waals surface area contributed by atoms with Crippen LogP contribution in [0.5, 0.6) is 0 Å². The van der Waals surface area contributed by atoms with Crippen molar-refractivity contribution in [2.45, 2.75) is 31.6 Å². The van der Waals surface area contributed by atoms with Crippen molar-refractivity contribution in [1.29, 1.82) is 0 Å². The van der Waals surface area contributed by atoms with Crippen molar-refractivity contribution in [3.8, 4) is 0 Å². The van der Waals surface area contributed by atoms with Crippen molar-refractivity contribution in [2.24, 2.45) is 0 Å². The standard InChI is InChI=1S/C22H25F3N4O/c23-22(24,25)19-6-2-1-5-17(19)15-29(18-8-9-18)21(30)16-27-11-13-28(14-12-27)20-7-3-4-10-26-20/h1-7,10,18H,8-9,11-16H2. The quantitative estimate of drug-likeness (QED) is 0.721. The summed E-state index contributed by atoms with van der Waals surface area (Å²) in [5.41, 5.74) is -0.502. The van der Waals surface area contributed by atoms with E-state index in [0.717, 1.165) is 50.9 Å². The van der Waals surface area contributed by atoms with Gasteiger partial charge in [-0.25, -0.2) is 4.98 Å². The molecule has 0 spiro atoms. The first-order valence-corrected chi connectivity index (χ1v) is 10.2. The fourth-order valence-electron chi connectivity index (χ4n) is 3.88. The van der Waals surface area contributed by atoms with E-state index in [1.165, 1.54) is 12.1 Å². The molecule has 2 fully saturated rings. The molecular weight excluding hydrogens is 393 g/mol. The average molecular weight is 418 g/mol. The second kappa shape index (κ2) is 8.63. The molecule has 1 aliphatic carbocycles. The Balaban J connectivity index is 1.38. The second-order valence-corrected chi connectivity index (χ2v) is 7.86. The molecule has 1 aromatic carbocycles. The Morgan fingerprint density at radius 2 is 1.73 bits per heavy atom. The molecule has 1 saturated carbocycles. The van der Waals surface area contributed by atoms with E-state index in [9.17, 15) is 18.0 Å². The number of amides is 1. The molecule has 2 aromatic rings. The van der Waals surface area contributed by atoms with Crippen LogP contribution in [-0.2, 0) is 17.5 Å². The number of piperazine rings is 1. The third kappa shape index (κ3) is 4.92. The van der Waals surface area contributed by atoms with Crippen LogP contribution in [0, 0.1) is 0 Å². The maximum absolute atomic E-state index is 13.3. The fourth-order valence-corrected chi connectivity index (χ4v) is 3.88. The molecule has 30 heavy (non-hydrogen) atoms. The van der Waals surface area contributed by atoms with E-state index in [0.29, 0.717) is 0 Å². The van der Waals surface area contributed by atoms with Crippen molar-refractivity contribution in [3.63, 3.8) is 0 Å². The minimum atomic E-state index is -4.42. The number of rotatable bonds is 6. The fraction of sp³-hybridized carbons (Fsp3) is 0.455. The number of pyridine rings is 1. The van der Waals surface area contributed by atoms with Gasteiger partial charge in [0.15, 0.2) is 0 Å². The number of aromatic nitrogens is 1. The van der Waals surface area contributed by atoms with E-state index in [4.69, 9.17) is 0 Å². The van der Waals surface area contributed by atoms with Crippen LogP contribution in [0.25, 0.3) is 0 Å². The van der Waals surface area contributed by atoms with Crippen LogP contribution in [0.4, 0.5) is 19.0 Å². The second-order valence-electron chi connectivity index (χ2n) is 7.86. The first kappa shape index (κ1) is 20.7. The highest BCUT2D eigenvalue weighted by atomic mass is 19.4. The predicted octanol–water partition coefficient (Wildman–Crippen LogP) is 3.41. The zero-order valence-electron chi connectivity index (χ0n) is 16.7. The molecule has 1 aromatic heterocycles. The van der Waals surface area contributed by atoms with Crippen molar-refractivity contribution < 1.29 is 18.0 Å². The maximum atomic E-state index is 13.3. The summed E-state index contributed by atoms with van der Waals surface area (Å²) in [7, 11) is 0. The van der Waals surface area contributed by atoms with Gasteiger partial charge in [0.25, 0.3) is 0 Å². The van der Waals surface area contributed by atoms with Crippen molar-refractivity contribution >= 4 is 11.7 Å². The third-order valence-electron chi connectivity index (χ3n) is 5.68. The number of benzene rings is 1. The zero-order valence-corrected chi connectivity index (χ0v) is 16.7. The summed E-state index contributed by atoms with van der Waals surface area (Å²) in [6.45, 7) is 3.23. The molecular formula is C22H25F3N4O. The third-order valence-corrected chi connectivity index (χ3v) is 5.68. The number of hydrogen-bond donors (Lipinski definition) is 0. The molecule has 0 atom stereocenters. The van der Waals surface area contributed by atoms with E-state index < -0.39 is 11.7 Å². The molecule has 0 unspecified atom stereocenters. The number of alkyl halides is 3. The highest BCUT2D eigenvalue weighted by Crippen LogP contribution is 2.35. The van der Waals surface area contributed by atoms with Crippen molar-refractivity contribution in [2.75, 3.05) is 37.6 Å². The smallest absolute Gasteiger partial charge is 0.354 e. The number of halogens is 3. The molecule has 0 radical (unpaired) electrons. The lowest BCUT2D eigenvalue weighted by Crippen LogP contribution is -2.50. The SMILES string of the molecule is O=C(CN1CCN(c2ccccn2)CC1)N(Cc1ccccc1C(F)(F)F)C1CC1. The van der Waals surface area contributed by atoms with Gasteiger partial charge in [0.2, 0.25) is 5.91 Å². The normalized spacial score (nSPS) is 17.8. The zero-order chi connectivity index (χ0) is 21.1.